The number of morpholine rings is 1. The molecule has 1 saturated heterocycles. The highest BCUT2D eigenvalue weighted by Crippen LogP contribution is 2.29. The Kier molecular flexibility index (Phi) is 4.79. The molecule has 1 aromatic heterocycles. The van der Waals surface area contributed by atoms with Gasteiger partial charge in [-0.2, -0.15) is 0 Å². The number of aliphatic hydroxyl groups excluding tert-OH is 1. The fourth-order valence-electron chi connectivity index (χ4n) is 1.88. The molecule has 3 nitrogen and oxygen atoms in total. The summed E-state index contributed by atoms with van der Waals surface area (Å²) in [5, 5.41) is 9.45. The van der Waals surface area contributed by atoms with Gasteiger partial charge in [-0.15, -0.1) is 11.3 Å². The average Bonchev–Trinajstić information content (AvgIpc) is 2.74. The largest absolute Gasteiger partial charge is 0.396 e. The van der Waals surface area contributed by atoms with Gasteiger partial charge in [0, 0.05) is 30.4 Å². The number of halogens is 1. The molecule has 0 aromatic carbocycles. The van der Waals surface area contributed by atoms with Gasteiger partial charge in [-0.05, 0) is 28.1 Å². The second-order valence-electron chi connectivity index (χ2n) is 3.93. The van der Waals surface area contributed by atoms with Crippen LogP contribution in [0.4, 0.5) is 0 Å². The van der Waals surface area contributed by atoms with Crippen molar-refractivity contribution in [1.82, 2.24) is 4.90 Å². The first-order chi connectivity index (χ1) is 7.79. The number of ether oxygens (including phenoxy) is 1. The summed E-state index contributed by atoms with van der Waals surface area (Å²) in [4.78, 5) is 3.61. The van der Waals surface area contributed by atoms with Gasteiger partial charge < -0.3 is 9.84 Å². The summed E-state index contributed by atoms with van der Waals surface area (Å²) < 4.78 is 6.44. The van der Waals surface area contributed by atoms with Crippen molar-refractivity contribution < 1.29 is 9.84 Å². The van der Waals surface area contributed by atoms with E-state index in [4.69, 9.17) is 4.74 Å². The fraction of sp³-hybridized carbons (Fsp3) is 0.636. The maximum Gasteiger partial charge on any atom is 0.0701 e. The van der Waals surface area contributed by atoms with Crippen LogP contribution in [0.15, 0.2) is 15.9 Å². The van der Waals surface area contributed by atoms with Crippen molar-refractivity contribution in [3.63, 3.8) is 0 Å². The van der Waals surface area contributed by atoms with E-state index in [1.165, 1.54) is 4.88 Å². The van der Waals surface area contributed by atoms with Gasteiger partial charge in [0.25, 0.3) is 0 Å². The zero-order chi connectivity index (χ0) is 11.4. The molecule has 2 rings (SSSR count). The van der Waals surface area contributed by atoms with Crippen molar-refractivity contribution in [2.75, 3.05) is 39.5 Å². The quantitative estimate of drug-likeness (QED) is 0.922. The van der Waals surface area contributed by atoms with E-state index in [9.17, 15) is 5.11 Å². The molecule has 0 bridgehead atoms. The summed E-state index contributed by atoms with van der Waals surface area (Å²) in [5.74, 6) is 0.231. The first-order valence-electron chi connectivity index (χ1n) is 5.46. The molecule has 16 heavy (non-hydrogen) atoms. The zero-order valence-corrected chi connectivity index (χ0v) is 11.5. The minimum Gasteiger partial charge on any atom is -0.396 e. The second-order valence-corrected chi connectivity index (χ2v) is 6.43. The molecule has 1 aromatic rings. The number of hydrogen-bond acceptors (Lipinski definition) is 4. The van der Waals surface area contributed by atoms with E-state index in [0.29, 0.717) is 0 Å². The molecule has 2 heterocycles. The van der Waals surface area contributed by atoms with Gasteiger partial charge >= 0.3 is 0 Å². The van der Waals surface area contributed by atoms with Crippen LogP contribution in [0, 0.1) is 0 Å². The lowest BCUT2D eigenvalue weighted by Gasteiger charge is -2.29. The topological polar surface area (TPSA) is 32.7 Å². The Labute approximate surface area is 108 Å². The van der Waals surface area contributed by atoms with Crippen molar-refractivity contribution >= 4 is 27.3 Å². The predicted molar refractivity (Wildman–Crippen MR) is 69.1 cm³/mol. The lowest BCUT2D eigenvalue weighted by molar-refractivity contribution is 0.0321. The number of aliphatic hydroxyl groups is 1. The Hall–Kier alpha value is 0.0600. The highest BCUT2D eigenvalue weighted by atomic mass is 79.9. The smallest absolute Gasteiger partial charge is 0.0701 e. The summed E-state index contributed by atoms with van der Waals surface area (Å²) in [6.45, 7) is 4.71. The Bertz CT molecular complexity index is 326. The lowest BCUT2D eigenvalue weighted by atomic mass is 10.1. The Morgan fingerprint density at radius 2 is 2.19 bits per heavy atom. The van der Waals surface area contributed by atoms with E-state index in [0.717, 1.165) is 36.6 Å². The average molecular weight is 306 g/mol. The molecular formula is C11H16BrNO2S. The van der Waals surface area contributed by atoms with E-state index < -0.39 is 0 Å². The molecular weight excluding hydrogens is 290 g/mol. The third-order valence-electron chi connectivity index (χ3n) is 2.80. The maximum absolute atomic E-state index is 9.45. The molecule has 0 spiro atoms. The SMILES string of the molecule is OCC(CN1CCOCC1)c1ccc(Br)s1. The molecule has 90 valence electrons. The van der Waals surface area contributed by atoms with Crippen LogP contribution in [-0.4, -0.2) is 49.5 Å². The number of nitrogens with zero attached hydrogens (tertiary/aromatic N) is 1. The molecule has 1 unspecified atom stereocenters. The Morgan fingerprint density at radius 1 is 1.44 bits per heavy atom. The molecule has 5 heteroatoms. The number of hydrogen-bond donors (Lipinski definition) is 1. The highest BCUT2D eigenvalue weighted by molar-refractivity contribution is 9.11. The molecule has 1 aliphatic rings. The summed E-state index contributed by atoms with van der Waals surface area (Å²) in [7, 11) is 0. The van der Waals surface area contributed by atoms with E-state index in [1.54, 1.807) is 11.3 Å². The summed E-state index contributed by atoms with van der Waals surface area (Å²) in [5.41, 5.74) is 0. The van der Waals surface area contributed by atoms with Crippen molar-refractivity contribution in [3.05, 3.63) is 20.8 Å². The van der Waals surface area contributed by atoms with Crippen molar-refractivity contribution in [2.45, 2.75) is 5.92 Å². The summed E-state index contributed by atoms with van der Waals surface area (Å²) in [6.07, 6.45) is 0. The third kappa shape index (κ3) is 3.28. The maximum atomic E-state index is 9.45. The van der Waals surface area contributed by atoms with Crippen LogP contribution in [0.3, 0.4) is 0 Å². The van der Waals surface area contributed by atoms with Gasteiger partial charge in [-0.3, -0.25) is 4.90 Å². The minimum absolute atomic E-state index is 0.213. The molecule has 1 N–H and O–H groups in total. The van der Waals surface area contributed by atoms with Gasteiger partial charge in [0.15, 0.2) is 0 Å². The molecule has 1 atom stereocenters. The van der Waals surface area contributed by atoms with Crippen LogP contribution in [0.25, 0.3) is 0 Å². The normalized spacial score (nSPS) is 19.9. The van der Waals surface area contributed by atoms with E-state index in [1.807, 2.05) is 6.07 Å². The van der Waals surface area contributed by atoms with Crippen LogP contribution in [0.5, 0.6) is 0 Å². The standard InChI is InChI=1S/C11H16BrNO2S/c12-11-2-1-10(16-11)9(8-14)7-13-3-5-15-6-4-13/h1-2,9,14H,3-8H2. The first kappa shape index (κ1) is 12.5. The van der Waals surface area contributed by atoms with Gasteiger partial charge in [0.2, 0.25) is 0 Å². The molecule has 1 fully saturated rings. The fourth-order valence-corrected chi connectivity index (χ4v) is 3.39. The van der Waals surface area contributed by atoms with Crippen molar-refractivity contribution in [3.8, 4) is 0 Å². The van der Waals surface area contributed by atoms with E-state index in [-0.39, 0.29) is 12.5 Å². The number of thiophene rings is 1. The summed E-state index contributed by atoms with van der Waals surface area (Å²) >= 11 is 5.17. The monoisotopic (exact) mass is 305 g/mol. The third-order valence-corrected chi connectivity index (χ3v) is 4.59. The molecule has 0 saturated carbocycles. The van der Waals surface area contributed by atoms with Crippen LogP contribution >= 0.6 is 27.3 Å². The van der Waals surface area contributed by atoms with Crippen LogP contribution < -0.4 is 0 Å². The van der Waals surface area contributed by atoms with Gasteiger partial charge in [-0.1, -0.05) is 0 Å². The Balaban J connectivity index is 1.94. The van der Waals surface area contributed by atoms with Gasteiger partial charge in [0.1, 0.15) is 0 Å². The lowest BCUT2D eigenvalue weighted by Crippen LogP contribution is -2.39. The second kappa shape index (κ2) is 6.12. The molecule has 0 amide bonds. The van der Waals surface area contributed by atoms with Crippen LogP contribution in [0.1, 0.15) is 10.8 Å². The van der Waals surface area contributed by atoms with Gasteiger partial charge in [-0.25, -0.2) is 0 Å². The summed E-state index contributed by atoms with van der Waals surface area (Å²) in [6, 6.07) is 4.14. The molecule has 1 aliphatic heterocycles. The van der Waals surface area contributed by atoms with Crippen LogP contribution in [-0.2, 0) is 4.74 Å². The van der Waals surface area contributed by atoms with E-state index in [2.05, 4.69) is 26.9 Å². The minimum atomic E-state index is 0.213. The predicted octanol–water partition coefficient (Wildman–Crippen LogP) is 1.92. The van der Waals surface area contributed by atoms with Crippen LogP contribution in [0.2, 0.25) is 0 Å². The zero-order valence-electron chi connectivity index (χ0n) is 9.06. The van der Waals surface area contributed by atoms with Gasteiger partial charge in [0.05, 0.1) is 23.6 Å². The first-order valence-corrected chi connectivity index (χ1v) is 7.06. The molecule has 0 aliphatic carbocycles. The number of rotatable bonds is 4. The highest BCUT2D eigenvalue weighted by Gasteiger charge is 2.18. The molecule has 0 radical (unpaired) electrons. The Morgan fingerprint density at radius 3 is 2.75 bits per heavy atom. The van der Waals surface area contributed by atoms with Crippen molar-refractivity contribution in [1.29, 1.82) is 0 Å². The van der Waals surface area contributed by atoms with E-state index >= 15 is 0 Å². The van der Waals surface area contributed by atoms with Crippen molar-refractivity contribution in [2.24, 2.45) is 0 Å².